The summed E-state index contributed by atoms with van der Waals surface area (Å²) in [7, 11) is 0. The van der Waals surface area contributed by atoms with Gasteiger partial charge >= 0.3 is 0 Å². The van der Waals surface area contributed by atoms with Crippen LogP contribution in [0, 0.1) is 17.1 Å². The summed E-state index contributed by atoms with van der Waals surface area (Å²) < 4.78 is 15.1. The van der Waals surface area contributed by atoms with Crippen molar-refractivity contribution in [3.63, 3.8) is 0 Å². The van der Waals surface area contributed by atoms with Crippen molar-refractivity contribution in [2.45, 2.75) is 37.3 Å². The van der Waals surface area contributed by atoms with Gasteiger partial charge in [-0.2, -0.15) is 5.26 Å². The van der Waals surface area contributed by atoms with E-state index in [1.54, 1.807) is 6.07 Å². The Bertz CT molecular complexity index is 662. The maximum Gasteiger partial charge on any atom is 0.191 e. The Morgan fingerprint density at radius 1 is 1.43 bits per heavy atom. The van der Waals surface area contributed by atoms with Gasteiger partial charge in [-0.05, 0) is 24.1 Å². The summed E-state index contributed by atoms with van der Waals surface area (Å²) in [6.07, 6.45) is 0.957. The fourth-order valence-corrected chi connectivity index (χ4v) is 2.93. The summed E-state index contributed by atoms with van der Waals surface area (Å²) in [6.45, 7) is 3.21. The molecule has 1 aromatic carbocycles. The summed E-state index contributed by atoms with van der Waals surface area (Å²) in [6, 6.07) is 6.25. The predicted octanol–water partition coefficient (Wildman–Crippen LogP) is 2.45. The largest absolute Gasteiger partial charge is 0.324 e. The first-order chi connectivity index (χ1) is 10.2. The molecule has 2 rings (SSSR count). The zero-order chi connectivity index (χ0) is 15.2. The van der Waals surface area contributed by atoms with E-state index in [1.165, 1.54) is 23.9 Å². The third kappa shape index (κ3) is 3.60. The van der Waals surface area contributed by atoms with Gasteiger partial charge in [0.25, 0.3) is 0 Å². The predicted molar refractivity (Wildman–Crippen MR) is 78.9 cm³/mol. The molecule has 0 fully saturated rings. The first-order valence-corrected chi connectivity index (χ1v) is 7.61. The van der Waals surface area contributed by atoms with Gasteiger partial charge in [0, 0.05) is 12.3 Å². The maximum absolute atomic E-state index is 13.1. The van der Waals surface area contributed by atoms with Crippen LogP contribution in [0.2, 0.25) is 0 Å². The van der Waals surface area contributed by atoms with Crippen molar-refractivity contribution >= 4 is 11.8 Å². The molecule has 2 N–H and O–H groups in total. The number of hydrogen-bond donors (Lipinski definition) is 1. The van der Waals surface area contributed by atoms with Crippen molar-refractivity contribution in [3.8, 4) is 6.07 Å². The van der Waals surface area contributed by atoms with Crippen LogP contribution in [0.1, 0.15) is 30.3 Å². The molecule has 0 aliphatic rings. The van der Waals surface area contributed by atoms with Crippen molar-refractivity contribution in [1.82, 2.24) is 14.8 Å². The van der Waals surface area contributed by atoms with Crippen LogP contribution < -0.4 is 5.73 Å². The van der Waals surface area contributed by atoms with Gasteiger partial charge in [0.2, 0.25) is 0 Å². The van der Waals surface area contributed by atoms with Gasteiger partial charge in [-0.3, -0.25) is 0 Å². The Labute approximate surface area is 127 Å². The van der Waals surface area contributed by atoms with E-state index in [0.717, 1.165) is 29.5 Å². The number of aromatic nitrogens is 3. The van der Waals surface area contributed by atoms with Crippen molar-refractivity contribution in [3.05, 3.63) is 41.0 Å². The Balaban J connectivity index is 2.17. The van der Waals surface area contributed by atoms with E-state index in [1.807, 2.05) is 10.6 Å². The van der Waals surface area contributed by atoms with E-state index in [-0.39, 0.29) is 0 Å². The van der Waals surface area contributed by atoms with E-state index in [0.29, 0.717) is 17.9 Å². The summed E-state index contributed by atoms with van der Waals surface area (Å²) in [5, 5.41) is 18.0. The molecule has 0 saturated heterocycles. The second kappa shape index (κ2) is 7.20. The normalized spacial score (nSPS) is 10.6. The number of nitrogens with two attached hydrogens (primary N) is 1. The monoisotopic (exact) mass is 305 g/mol. The quantitative estimate of drug-likeness (QED) is 0.829. The van der Waals surface area contributed by atoms with Gasteiger partial charge in [-0.15, -0.1) is 10.2 Å². The van der Waals surface area contributed by atoms with Crippen LogP contribution in [0.5, 0.6) is 0 Å². The fraction of sp³-hybridized carbons (Fsp3) is 0.357. The standard InChI is InChI=1S/C14H16FN5S/c1-2-5-20-13(8-17)18-19-14(20)21-9-10-3-4-12(15)6-11(10)7-16/h3-4,6H,2,5,8-9,17H2,1H3. The molecule has 2 aromatic rings. The van der Waals surface area contributed by atoms with Crippen LogP contribution in [0.15, 0.2) is 23.4 Å². The van der Waals surface area contributed by atoms with Crippen LogP contribution in [-0.2, 0) is 18.8 Å². The highest BCUT2D eigenvalue weighted by Gasteiger charge is 2.12. The molecule has 5 nitrogen and oxygen atoms in total. The molecule has 0 aliphatic carbocycles. The highest BCUT2D eigenvalue weighted by atomic mass is 32.2. The zero-order valence-corrected chi connectivity index (χ0v) is 12.5. The number of nitriles is 1. The van der Waals surface area contributed by atoms with Crippen molar-refractivity contribution in [2.75, 3.05) is 0 Å². The maximum atomic E-state index is 13.1. The highest BCUT2D eigenvalue weighted by Crippen LogP contribution is 2.24. The van der Waals surface area contributed by atoms with E-state index < -0.39 is 5.82 Å². The van der Waals surface area contributed by atoms with Gasteiger partial charge in [0.1, 0.15) is 11.6 Å². The van der Waals surface area contributed by atoms with E-state index in [4.69, 9.17) is 11.0 Å². The Hall–Kier alpha value is -1.91. The molecule has 0 saturated carbocycles. The number of rotatable bonds is 6. The molecule has 110 valence electrons. The van der Waals surface area contributed by atoms with Gasteiger partial charge < -0.3 is 10.3 Å². The number of benzene rings is 1. The van der Waals surface area contributed by atoms with E-state index >= 15 is 0 Å². The molecule has 0 bridgehead atoms. The van der Waals surface area contributed by atoms with Gasteiger partial charge in [0.15, 0.2) is 5.16 Å². The topological polar surface area (TPSA) is 80.5 Å². The minimum atomic E-state index is -0.403. The fourth-order valence-electron chi connectivity index (χ4n) is 1.95. The third-order valence-electron chi connectivity index (χ3n) is 2.97. The second-order valence-electron chi connectivity index (χ2n) is 4.46. The summed E-state index contributed by atoms with van der Waals surface area (Å²) in [4.78, 5) is 0. The second-order valence-corrected chi connectivity index (χ2v) is 5.40. The van der Waals surface area contributed by atoms with Crippen LogP contribution in [0.4, 0.5) is 4.39 Å². The SMILES string of the molecule is CCCn1c(CN)nnc1SCc1ccc(F)cc1C#N. The minimum Gasteiger partial charge on any atom is -0.324 e. The highest BCUT2D eigenvalue weighted by molar-refractivity contribution is 7.98. The average Bonchev–Trinajstić information content (AvgIpc) is 2.88. The number of nitrogens with zero attached hydrogens (tertiary/aromatic N) is 4. The van der Waals surface area contributed by atoms with Crippen LogP contribution in [0.25, 0.3) is 0 Å². The Kier molecular flexibility index (Phi) is 5.31. The van der Waals surface area contributed by atoms with E-state index in [2.05, 4.69) is 17.1 Å². The smallest absolute Gasteiger partial charge is 0.191 e. The molecule has 0 aliphatic heterocycles. The summed E-state index contributed by atoms with van der Waals surface area (Å²) >= 11 is 1.47. The van der Waals surface area contributed by atoms with Gasteiger partial charge in [0.05, 0.1) is 18.2 Å². The molecule has 1 heterocycles. The molecule has 0 radical (unpaired) electrons. The zero-order valence-electron chi connectivity index (χ0n) is 11.7. The molecular formula is C14H16FN5S. The molecule has 21 heavy (non-hydrogen) atoms. The molecule has 7 heteroatoms. The van der Waals surface area contributed by atoms with Crippen molar-refractivity contribution < 1.29 is 4.39 Å². The van der Waals surface area contributed by atoms with Crippen LogP contribution >= 0.6 is 11.8 Å². The van der Waals surface area contributed by atoms with Crippen LogP contribution in [0.3, 0.4) is 0 Å². The first kappa shape index (κ1) is 15.5. The van der Waals surface area contributed by atoms with Gasteiger partial charge in [-0.25, -0.2) is 4.39 Å². The lowest BCUT2D eigenvalue weighted by Crippen LogP contribution is -2.09. The Morgan fingerprint density at radius 2 is 2.24 bits per heavy atom. The van der Waals surface area contributed by atoms with Gasteiger partial charge in [-0.1, -0.05) is 24.8 Å². The third-order valence-corrected chi connectivity index (χ3v) is 3.99. The molecular weight excluding hydrogens is 289 g/mol. The first-order valence-electron chi connectivity index (χ1n) is 6.63. The minimum absolute atomic E-state index is 0.341. The van der Waals surface area contributed by atoms with Crippen molar-refractivity contribution in [1.29, 1.82) is 5.26 Å². The lowest BCUT2D eigenvalue weighted by atomic mass is 10.1. The summed E-state index contributed by atoms with van der Waals surface area (Å²) in [5.74, 6) is 0.883. The number of halogens is 1. The number of thioether (sulfide) groups is 1. The molecule has 0 unspecified atom stereocenters. The number of hydrogen-bond acceptors (Lipinski definition) is 5. The molecule has 0 spiro atoms. The summed E-state index contributed by atoms with van der Waals surface area (Å²) in [5.41, 5.74) is 6.78. The Morgan fingerprint density at radius 3 is 2.90 bits per heavy atom. The molecule has 1 aromatic heterocycles. The van der Waals surface area contributed by atoms with E-state index in [9.17, 15) is 4.39 Å². The van der Waals surface area contributed by atoms with Crippen molar-refractivity contribution in [2.24, 2.45) is 5.73 Å². The van der Waals surface area contributed by atoms with Crippen LogP contribution in [-0.4, -0.2) is 14.8 Å². The average molecular weight is 305 g/mol. The molecule has 0 atom stereocenters. The lowest BCUT2D eigenvalue weighted by Gasteiger charge is -2.08. The lowest BCUT2D eigenvalue weighted by molar-refractivity contribution is 0.592. The molecule has 0 amide bonds.